The minimum atomic E-state index is 0.00601. The second-order valence-corrected chi connectivity index (χ2v) is 5.65. The van der Waals surface area contributed by atoms with Crippen molar-refractivity contribution in [1.29, 1.82) is 0 Å². The number of carbonyl (C=O) groups is 1. The minimum absolute atomic E-state index is 0.00601. The molecule has 0 unspecified atom stereocenters. The molecule has 0 aliphatic heterocycles. The van der Waals surface area contributed by atoms with Gasteiger partial charge < -0.3 is 4.42 Å². The molecule has 0 amide bonds. The number of furan rings is 1. The van der Waals surface area contributed by atoms with Gasteiger partial charge >= 0.3 is 0 Å². The van der Waals surface area contributed by atoms with Gasteiger partial charge in [-0.2, -0.15) is 0 Å². The summed E-state index contributed by atoms with van der Waals surface area (Å²) in [6, 6.07) is 14.5. The Morgan fingerprint density at radius 3 is 2.36 bits per heavy atom. The van der Waals surface area contributed by atoms with Crippen LogP contribution in [0.4, 0.5) is 0 Å². The van der Waals surface area contributed by atoms with Crippen LogP contribution in [0.1, 0.15) is 23.8 Å². The zero-order valence-electron chi connectivity index (χ0n) is 13.0. The summed E-state index contributed by atoms with van der Waals surface area (Å²) >= 11 is 0. The smallest absolute Gasteiger partial charge is 0.152 e. The Kier molecular flexibility index (Phi) is 3.68. The van der Waals surface area contributed by atoms with Crippen molar-refractivity contribution in [1.82, 2.24) is 0 Å². The van der Waals surface area contributed by atoms with Crippen LogP contribution in [-0.2, 0) is 4.79 Å². The summed E-state index contributed by atoms with van der Waals surface area (Å²) in [7, 11) is 0. The van der Waals surface area contributed by atoms with Gasteiger partial charge in [0, 0.05) is 10.9 Å². The molecular formula is C20H18O2. The van der Waals surface area contributed by atoms with E-state index in [0.29, 0.717) is 0 Å². The molecule has 2 heteroatoms. The van der Waals surface area contributed by atoms with Crippen molar-refractivity contribution in [3.05, 3.63) is 65.4 Å². The van der Waals surface area contributed by atoms with Crippen LogP contribution in [0.5, 0.6) is 0 Å². The van der Waals surface area contributed by atoms with Crippen LogP contribution < -0.4 is 0 Å². The molecule has 0 N–H and O–H groups in total. The first-order chi connectivity index (χ1) is 10.5. The average molecular weight is 290 g/mol. The molecule has 0 aliphatic carbocycles. The predicted octanol–water partition coefficient (Wildman–Crippen LogP) is 5.32. The van der Waals surface area contributed by atoms with Gasteiger partial charge in [-0.15, -0.1) is 0 Å². The number of benzene rings is 2. The highest BCUT2D eigenvalue weighted by molar-refractivity contribution is 6.00. The highest BCUT2D eigenvalue weighted by atomic mass is 16.3. The van der Waals surface area contributed by atoms with Gasteiger partial charge in [-0.1, -0.05) is 41.5 Å². The molecule has 22 heavy (non-hydrogen) atoms. The van der Waals surface area contributed by atoms with Crippen LogP contribution in [0.25, 0.3) is 28.2 Å². The third-order valence-electron chi connectivity index (χ3n) is 3.68. The predicted molar refractivity (Wildman–Crippen MR) is 90.8 cm³/mol. The summed E-state index contributed by atoms with van der Waals surface area (Å²) < 4.78 is 5.95. The average Bonchev–Trinajstić information content (AvgIpc) is 2.83. The summed E-state index contributed by atoms with van der Waals surface area (Å²) in [6.45, 7) is 5.67. The van der Waals surface area contributed by atoms with Crippen LogP contribution in [-0.4, -0.2) is 5.78 Å². The molecular weight excluding hydrogens is 272 g/mol. The van der Waals surface area contributed by atoms with Gasteiger partial charge in [0.25, 0.3) is 0 Å². The maximum absolute atomic E-state index is 11.3. The third-order valence-corrected chi connectivity index (χ3v) is 3.68. The van der Waals surface area contributed by atoms with E-state index in [4.69, 9.17) is 4.42 Å². The number of hydrogen-bond acceptors (Lipinski definition) is 2. The maximum atomic E-state index is 11.3. The van der Waals surface area contributed by atoms with Crippen LogP contribution in [0.3, 0.4) is 0 Å². The Morgan fingerprint density at radius 2 is 1.68 bits per heavy atom. The molecule has 0 radical (unpaired) electrons. The van der Waals surface area contributed by atoms with E-state index in [0.717, 1.165) is 27.9 Å². The summed E-state index contributed by atoms with van der Waals surface area (Å²) in [5, 5.41) is 1.08. The Hall–Kier alpha value is -2.61. The van der Waals surface area contributed by atoms with Gasteiger partial charge in [0.15, 0.2) is 5.78 Å². The molecule has 1 heterocycles. The first-order valence-corrected chi connectivity index (χ1v) is 7.33. The Bertz CT molecular complexity index is 865. The van der Waals surface area contributed by atoms with E-state index in [1.807, 2.05) is 12.1 Å². The number of carbonyl (C=O) groups excluding carboxylic acids is 1. The van der Waals surface area contributed by atoms with E-state index in [-0.39, 0.29) is 5.78 Å². The van der Waals surface area contributed by atoms with Gasteiger partial charge in [-0.05, 0) is 50.6 Å². The van der Waals surface area contributed by atoms with Crippen molar-refractivity contribution in [2.24, 2.45) is 0 Å². The van der Waals surface area contributed by atoms with Gasteiger partial charge in [-0.25, -0.2) is 0 Å². The van der Waals surface area contributed by atoms with Gasteiger partial charge in [-0.3, -0.25) is 4.79 Å². The van der Waals surface area contributed by atoms with Crippen molar-refractivity contribution in [3.63, 3.8) is 0 Å². The van der Waals surface area contributed by atoms with Crippen LogP contribution in [0, 0.1) is 13.8 Å². The highest BCUT2D eigenvalue weighted by Crippen LogP contribution is 2.36. The molecule has 110 valence electrons. The Labute approximate surface area is 130 Å². The Morgan fingerprint density at radius 1 is 1.00 bits per heavy atom. The van der Waals surface area contributed by atoms with Crippen LogP contribution >= 0.6 is 0 Å². The molecule has 0 bridgehead atoms. The lowest BCUT2D eigenvalue weighted by Crippen LogP contribution is -1.83. The fourth-order valence-corrected chi connectivity index (χ4v) is 2.56. The summed E-state index contributed by atoms with van der Waals surface area (Å²) in [4.78, 5) is 11.3. The Balaban J connectivity index is 2.27. The van der Waals surface area contributed by atoms with Crippen LogP contribution in [0.2, 0.25) is 0 Å². The normalized spacial score (nSPS) is 11.4. The van der Waals surface area contributed by atoms with E-state index in [9.17, 15) is 4.79 Å². The summed E-state index contributed by atoms with van der Waals surface area (Å²) in [5.74, 6) is 0.728. The van der Waals surface area contributed by atoms with Crippen molar-refractivity contribution < 1.29 is 9.21 Å². The molecule has 2 nitrogen and oxygen atoms in total. The standard InChI is InChI=1S/C20H18O2/c1-13-4-8-16(9-5-13)20-17-12-14(2)6-10-18(17)22-19(20)11-7-15(3)21/h4-12H,1-3H3/b11-7+. The van der Waals surface area contributed by atoms with Gasteiger partial charge in [0.05, 0.1) is 0 Å². The topological polar surface area (TPSA) is 30.2 Å². The first-order valence-electron chi connectivity index (χ1n) is 7.33. The summed E-state index contributed by atoms with van der Waals surface area (Å²) in [5.41, 5.74) is 5.37. The lowest BCUT2D eigenvalue weighted by atomic mass is 9.99. The van der Waals surface area contributed by atoms with Gasteiger partial charge in [0.1, 0.15) is 11.3 Å². The number of rotatable bonds is 3. The molecule has 0 atom stereocenters. The monoisotopic (exact) mass is 290 g/mol. The van der Waals surface area contributed by atoms with Crippen molar-refractivity contribution in [3.8, 4) is 11.1 Å². The van der Waals surface area contributed by atoms with Gasteiger partial charge in [0.2, 0.25) is 0 Å². The number of fused-ring (bicyclic) bond motifs is 1. The third kappa shape index (κ3) is 2.73. The zero-order chi connectivity index (χ0) is 15.7. The minimum Gasteiger partial charge on any atom is -0.456 e. The molecule has 0 spiro atoms. The first kappa shape index (κ1) is 14.3. The van der Waals surface area contributed by atoms with E-state index in [2.05, 4.69) is 44.2 Å². The molecule has 2 aromatic carbocycles. The highest BCUT2D eigenvalue weighted by Gasteiger charge is 2.14. The molecule has 1 aromatic heterocycles. The number of aryl methyl sites for hydroxylation is 2. The summed E-state index contributed by atoms with van der Waals surface area (Å²) in [6.07, 6.45) is 3.30. The largest absolute Gasteiger partial charge is 0.456 e. The number of allylic oxidation sites excluding steroid dienone is 1. The van der Waals surface area contributed by atoms with Crippen LogP contribution in [0.15, 0.2) is 53.0 Å². The van der Waals surface area contributed by atoms with Crippen molar-refractivity contribution in [2.75, 3.05) is 0 Å². The number of hydrogen-bond donors (Lipinski definition) is 0. The lowest BCUT2D eigenvalue weighted by Gasteiger charge is -2.02. The van der Waals surface area contributed by atoms with E-state index >= 15 is 0 Å². The maximum Gasteiger partial charge on any atom is 0.152 e. The van der Waals surface area contributed by atoms with Crippen molar-refractivity contribution >= 4 is 22.8 Å². The van der Waals surface area contributed by atoms with E-state index in [1.54, 1.807) is 12.2 Å². The molecule has 0 saturated carbocycles. The second-order valence-electron chi connectivity index (χ2n) is 5.65. The molecule has 0 fully saturated rings. The fraction of sp³-hybridized carbons (Fsp3) is 0.150. The molecule has 3 rings (SSSR count). The van der Waals surface area contributed by atoms with E-state index in [1.165, 1.54) is 18.1 Å². The number of ketones is 1. The second kappa shape index (κ2) is 5.64. The molecule has 0 aliphatic rings. The van der Waals surface area contributed by atoms with E-state index < -0.39 is 0 Å². The zero-order valence-corrected chi connectivity index (χ0v) is 13.0. The van der Waals surface area contributed by atoms with Crippen molar-refractivity contribution in [2.45, 2.75) is 20.8 Å². The lowest BCUT2D eigenvalue weighted by molar-refractivity contribution is -0.112. The quantitative estimate of drug-likeness (QED) is 0.611. The SMILES string of the molecule is CC(=O)/C=C/c1oc2ccc(C)cc2c1-c1ccc(C)cc1. The molecule has 0 saturated heterocycles. The fourth-order valence-electron chi connectivity index (χ4n) is 2.56. The molecule has 3 aromatic rings.